The minimum absolute atomic E-state index is 0.308. The fourth-order valence-electron chi connectivity index (χ4n) is 4.95. The van der Waals surface area contributed by atoms with Crippen LogP contribution in [0.3, 0.4) is 0 Å². The number of esters is 1. The predicted molar refractivity (Wildman–Crippen MR) is 125 cm³/mol. The normalized spacial score (nSPS) is 21.9. The van der Waals surface area contributed by atoms with Crippen molar-refractivity contribution in [3.05, 3.63) is 101 Å². The number of rotatable bonds is 3. The van der Waals surface area contributed by atoms with Gasteiger partial charge >= 0.3 is 5.97 Å². The fraction of sp³-hybridized carbons (Fsp3) is 0.148. The van der Waals surface area contributed by atoms with Crippen molar-refractivity contribution in [2.45, 2.75) is 18.0 Å². The molecule has 0 N–H and O–H groups in total. The van der Waals surface area contributed by atoms with E-state index in [1.54, 1.807) is 24.3 Å². The van der Waals surface area contributed by atoms with Gasteiger partial charge in [0.1, 0.15) is 11.8 Å². The summed E-state index contributed by atoms with van der Waals surface area (Å²) >= 11 is 6.08. The van der Waals surface area contributed by atoms with Crippen LogP contribution in [-0.4, -0.2) is 18.1 Å². The summed E-state index contributed by atoms with van der Waals surface area (Å²) in [6.45, 7) is 0. The first-order chi connectivity index (χ1) is 16.1. The highest BCUT2D eigenvalue weighted by Crippen LogP contribution is 2.55. The molecule has 33 heavy (non-hydrogen) atoms. The number of nitriles is 2. The first kappa shape index (κ1) is 20.8. The van der Waals surface area contributed by atoms with Crippen LogP contribution in [-0.2, 0) is 4.79 Å². The molecular formula is C27H18ClN3O2. The molecule has 2 heterocycles. The number of carbonyl (C=O) groups excluding carboxylic acids is 1. The first-order valence-corrected chi connectivity index (χ1v) is 10.9. The number of fused-ring (bicyclic) bond motifs is 3. The van der Waals surface area contributed by atoms with Crippen LogP contribution in [0.5, 0.6) is 5.75 Å². The number of anilines is 1. The molecule has 0 bridgehead atoms. The number of ether oxygens (including phenoxy) is 1. The summed E-state index contributed by atoms with van der Waals surface area (Å²) in [6.07, 6.45) is 3.75. The Kier molecular flexibility index (Phi) is 5.13. The topological polar surface area (TPSA) is 77.1 Å². The molecule has 0 amide bonds. The molecule has 1 fully saturated rings. The van der Waals surface area contributed by atoms with Crippen LogP contribution in [0.25, 0.3) is 6.08 Å². The molecule has 3 atom stereocenters. The van der Waals surface area contributed by atoms with Crippen molar-refractivity contribution >= 4 is 29.3 Å². The van der Waals surface area contributed by atoms with E-state index in [2.05, 4.69) is 12.1 Å². The van der Waals surface area contributed by atoms with Gasteiger partial charge < -0.3 is 9.64 Å². The lowest BCUT2D eigenvalue weighted by Crippen LogP contribution is -2.45. The Balaban J connectivity index is 1.70. The number of para-hydroxylation sites is 1. The van der Waals surface area contributed by atoms with Gasteiger partial charge in [0.2, 0.25) is 0 Å². The lowest BCUT2D eigenvalue weighted by molar-refractivity contribution is -0.136. The summed E-state index contributed by atoms with van der Waals surface area (Å²) in [5, 5.41) is 21.2. The molecule has 160 valence electrons. The SMILES string of the molecule is N#CC1(C#N)[C@H](c2ccccc2)[C@H](C(=O)Oc2cccc(Cl)c2)N2c3ccccc3C=C[C@@H]21. The minimum Gasteiger partial charge on any atom is -0.425 e. The first-order valence-electron chi connectivity index (χ1n) is 10.5. The largest absolute Gasteiger partial charge is 0.425 e. The van der Waals surface area contributed by atoms with Gasteiger partial charge in [0.15, 0.2) is 5.41 Å². The maximum atomic E-state index is 13.7. The number of hydrogen-bond acceptors (Lipinski definition) is 5. The second-order valence-corrected chi connectivity index (χ2v) is 8.51. The van der Waals surface area contributed by atoms with E-state index < -0.39 is 29.4 Å². The van der Waals surface area contributed by atoms with Gasteiger partial charge in [0, 0.05) is 16.6 Å². The van der Waals surface area contributed by atoms with Gasteiger partial charge in [-0.05, 0) is 35.4 Å². The molecule has 5 rings (SSSR count). The highest BCUT2D eigenvalue weighted by Gasteiger charge is 2.64. The quantitative estimate of drug-likeness (QED) is 0.396. The van der Waals surface area contributed by atoms with Crippen LogP contribution in [0, 0.1) is 28.1 Å². The Morgan fingerprint density at radius 3 is 2.42 bits per heavy atom. The molecule has 1 saturated heterocycles. The Morgan fingerprint density at radius 2 is 1.70 bits per heavy atom. The molecule has 2 aliphatic rings. The van der Waals surface area contributed by atoms with Gasteiger partial charge in [-0.1, -0.05) is 78.4 Å². The second kappa shape index (κ2) is 8.13. The standard InChI is InChI=1S/C27H18ClN3O2/c28-20-10-6-11-21(15-20)33-26(32)25-24(19-8-2-1-3-9-19)27(16-29,17-30)23-14-13-18-7-4-5-12-22(18)31(23)25/h1-15,23-25H/t23-,24-,25-/m1/s1. The fourth-order valence-corrected chi connectivity index (χ4v) is 5.13. The summed E-state index contributed by atoms with van der Waals surface area (Å²) in [5.41, 5.74) is 0.928. The molecule has 5 nitrogen and oxygen atoms in total. The minimum atomic E-state index is -1.50. The lowest BCUT2D eigenvalue weighted by atomic mass is 9.70. The van der Waals surface area contributed by atoms with Gasteiger partial charge in [-0.2, -0.15) is 10.5 Å². The molecule has 0 aliphatic carbocycles. The second-order valence-electron chi connectivity index (χ2n) is 8.07. The predicted octanol–water partition coefficient (Wildman–Crippen LogP) is 5.35. The zero-order chi connectivity index (χ0) is 23.0. The van der Waals surface area contributed by atoms with E-state index in [0.717, 1.165) is 16.8 Å². The molecule has 3 aromatic carbocycles. The maximum Gasteiger partial charge on any atom is 0.334 e. The van der Waals surface area contributed by atoms with Gasteiger partial charge in [0.25, 0.3) is 0 Å². The number of hydrogen-bond donors (Lipinski definition) is 0. The monoisotopic (exact) mass is 451 g/mol. The summed E-state index contributed by atoms with van der Waals surface area (Å²) in [5.74, 6) is -0.974. The van der Waals surface area contributed by atoms with Crippen LogP contribution in [0.15, 0.2) is 84.9 Å². The van der Waals surface area contributed by atoms with Gasteiger partial charge in [-0.3, -0.25) is 0 Å². The van der Waals surface area contributed by atoms with Crippen LogP contribution >= 0.6 is 11.6 Å². The summed E-state index contributed by atoms with van der Waals surface area (Å²) in [7, 11) is 0. The van der Waals surface area contributed by atoms with Crippen molar-refractivity contribution in [1.29, 1.82) is 10.5 Å². The smallest absolute Gasteiger partial charge is 0.334 e. The third-order valence-electron chi connectivity index (χ3n) is 6.33. The molecule has 3 aromatic rings. The van der Waals surface area contributed by atoms with E-state index in [9.17, 15) is 15.3 Å². The van der Waals surface area contributed by atoms with E-state index in [0.29, 0.717) is 10.8 Å². The maximum absolute atomic E-state index is 13.7. The Labute approximate surface area is 196 Å². The molecule has 0 unspecified atom stereocenters. The number of benzene rings is 3. The third-order valence-corrected chi connectivity index (χ3v) is 6.57. The van der Waals surface area contributed by atoms with Crippen molar-refractivity contribution in [2.75, 3.05) is 4.90 Å². The van der Waals surface area contributed by atoms with E-state index >= 15 is 0 Å². The van der Waals surface area contributed by atoms with Crippen LogP contribution in [0.1, 0.15) is 17.0 Å². The molecule has 0 spiro atoms. The molecule has 0 radical (unpaired) electrons. The molecular weight excluding hydrogens is 434 g/mol. The summed E-state index contributed by atoms with van der Waals surface area (Å²) < 4.78 is 5.77. The molecule has 2 aliphatic heterocycles. The average molecular weight is 452 g/mol. The average Bonchev–Trinajstić information content (AvgIpc) is 3.16. The van der Waals surface area contributed by atoms with E-state index in [1.165, 1.54) is 0 Å². The highest BCUT2D eigenvalue weighted by atomic mass is 35.5. The van der Waals surface area contributed by atoms with E-state index in [4.69, 9.17) is 16.3 Å². The van der Waals surface area contributed by atoms with Gasteiger partial charge in [-0.25, -0.2) is 4.79 Å². The lowest BCUT2D eigenvalue weighted by Gasteiger charge is -2.35. The summed E-state index contributed by atoms with van der Waals surface area (Å²) in [4.78, 5) is 15.6. The number of nitrogens with zero attached hydrogens (tertiary/aromatic N) is 3. The van der Waals surface area contributed by atoms with Crippen molar-refractivity contribution in [1.82, 2.24) is 0 Å². The van der Waals surface area contributed by atoms with Crippen molar-refractivity contribution < 1.29 is 9.53 Å². The van der Waals surface area contributed by atoms with Crippen LogP contribution in [0.4, 0.5) is 5.69 Å². The van der Waals surface area contributed by atoms with Crippen LogP contribution in [0.2, 0.25) is 5.02 Å². The Bertz CT molecular complexity index is 1330. The van der Waals surface area contributed by atoms with E-state index in [-0.39, 0.29) is 0 Å². The van der Waals surface area contributed by atoms with Crippen molar-refractivity contribution in [2.24, 2.45) is 5.41 Å². The third kappa shape index (κ3) is 3.26. The van der Waals surface area contributed by atoms with Crippen molar-refractivity contribution in [3.63, 3.8) is 0 Å². The highest BCUT2D eigenvalue weighted by molar-refractivity contribution is 6.30. The molecule has 0 aromatic heterocycles. The molecule has 0 saturated carbocycles. The Morgan fingerprint density at radius 1 is 0.970 bits per heavy atom. The van der Waals surface area contributed by atoms with Gasteiger partial charge in [-0.15, -0.1) is 0 Å². The number of halogens is 1. The van der Waals surface area contributed by atoms with Crippen LogP contribution < -0.4 is 9.64 Å². The molecule has 6 heteroatoms. The van der Waals surface area contributed by atoms with E-state index in [1.807, 2.05) is 71.6 Å². The Hall–Kier alpha value is -4.06. The number of carbonyl (C=O) groups is 1. The zero-order valence-corrected chi connectivity index (χ0v) is 18.2. The van der Waals surface area contributed by atoms with Crippen molar-refractivity contribution in [3.8, 4) is 17.9 Å². The zero-order valence-electron chi connectivity index (χ0n) is 17.4. The van der Waals surface area contributed by atoms with Gasteiger partial charge in [0.05, 0.1) is 18.2 Å². The summed E-state index contributed by atoms with van der Waals surface area (Å²) in [6, 6.07) is 26.5.